The monoisotopic (exact) mass is 282 g/mol. The number of benzene rings is 1. The standard InChI is InChI=1S/C14H22N2O2S/c1-10-14(11(2)16-15-10)9-6-12-4-7-13(8-5-12)19(3,17)18/h4-5,7-8,10-11,14-16H,6,9H2,1-3H3. The van der Waals surface area contributed by atoms with Gasteiger partial charge in [-0.2, -0.15) is 0 Å². The van der Waals surface area contributed by atoms with Crippen LogP contribution in [0.5, 0.6) is 0 Å². The van der Waals surface area contributed by atoms with Gasteiger partial charge < -0.3 is 0 Å². The lowest BCUT2D eigenvalue weighted by Crippen LogP contribution is -2.30. The Hall–Kier alpha value is -0.910. The van der Waals surface area contributed by atoms with Crippen molar-refractivity contribution in [2.75, 3.05) is 6.26 Å². The highest BCUT2D eigenvalue weighted by molar-refractivity contribution is 7.90. The molecule has 0 radical (unpaired) electrons. The smallest absolute Gasteiger partial charge is 0.175 e. The van der Waals surface area contributed by atoms with Crippen LogP contribution >= 0.6 is 0 Å². The van der Waals surface area contributed by atoms with E-state index < -0.39 is 9.84 Å². The van der Waals surface area contributed by atoms with Crippen molar-refractivity contribution in [1.29, 1.82) is 0 Å². The fourth-order valence-electron chi connectivity index (χ4n) is 2.65. The molecule has 2 atom stereocenters. The first kappa shape index (κ1) is 14.5. The van der Waals surface area contributed by atoms with Crippen molar-refractivity contribution in [3.05, 3.63) is 29.8 Å². The van der Waals surface area contributed by atoms with E-state index in [2.05, 4.69) is 24.7 Å². The molecule has 106 valence electrons. The first-order valence-corrected chi connectivity index (χ1v) is 8.57. The van der Waals surface area contributed by atoms with E-state index in [0.717, 1.165) is 12.8 Å². The van der Waals surface area contributed by atoms with Crippen LogP contribution in [0.2, 0.25) is 0 Å². The van der Waals surface area contributed by atoms with Gasteiger partial charge in [0.25, 0.3) is 0 Å². The third-order valence-electron chi connectivity index (χ3n) is 3.94. The van der Waals surface area contributed by atoms with Crippen LogP contribution < -0.4 is 10.9 Å². The molecular weight excluding hydrogens is 260 g/mol. The van der Waals surface area contributed by atoms with Gasteiger partial charge in [0.2, 0.25) is 0 Å². The average molecular weight is 282 g/mol. The summed E-state index contributed by atoms with van der Waals surface area (Å²) in [5.41, 5.74) is 7.70. The highest BCUT2D eigenvalue weighted by Crippen LogP contribution is 2.21. The summed E-state index contributed by atoms with van der Waals surface area (Å²) in [6.45, 7) is 4.38. The van der Waals surface area contributed by atoms with E-state index in [0.29, 0.717) is 22.9 Å². The van der Waals surface area contributed by atoms with Crippen LogP contribution in [0.25, 0.3) is 0 Å². The molecule has 1 saturated heterocycles. The number of sulfone groups is 1. The van der Waals surface area contributed by atoms with E-state index in [1.807, 2.05) is 12.1 Å². The molecule has 1 aromatic rings. The zero-order chi connectivity index (χ0) is 14.0. The van der Waals surface area contributed by atoms with Crippen LogP contribution in [0.15, 0.2) is 29.2 Å². The van der Waals surface area contributed by atoms with Gasteiger partial charge in [-0.15, -0.1) is 0 Å². The van der Waals surface area contributed by atoms with Gasteiger partial charge in [-0.1, -0.05) is 12.1 Å². The van der Waals surface area contributed by atoms with Crippen LogP contribution in [0.1, 0.15) is 25.8 Å². The van der Waals surface area contributed by atoms with E-state index in [1.165, 1.54) is 11.8 Å². The van der Waals surface area contributed by atoms with E-state index in [4.69, 9.17) is 0 Å². The first-order chi connectivity index (χ1) is 8.88. The number of hydrazine groups is 1. The van der Waals surface area contributed by atoms with Gasteiger partial charge in [0.1, 0.15) is 0 Å². The van der Waals surface area contributed by atoms with Gasteiger partial charge in [-0.3, -0.25) is 10.9 Å². The summed E-state index contributed by atoms with van der Waals surface area (Å²) in [5, 5.41) is 0. The van der Waals surface area contributed by atoms with Gasteiger partial charge in [-0.25, -0.2) is 8.42 Å². The van der Waals surface area contributed by atoms with Crippen molar-refractivity contribution >= 4 is 9.84 Å². The largest absolute Gasteiger partial charge is 0.254 e. The number of nitrogens with one attached hydrogen (secondary N) is 2. The SMILES string of the molecule is CC1NNC(C)C1CCc1ccc(S(C)(=O)=O)cc1. The van der Waals surface area contributed by atoms with E-state index in [9.17, 15) is 8.42 Å². The summed E-state index contributed by atoms with van der Waals surface area (Å²) >= 11 is 0. The molecule has 1 aliphatic heterocycles. The van der Waals surface area contributed by atoms with Crippen LogP contribution in [0.3, 0.4) is 0 Å². The summed E-state index contributed by atoms with van der Waals surface area (Å²) in [6, 6.07) is 8.18. The predicted molar refractivity (Wildman–Crippen MR) is 76.6 cm³/mol. The van der Waals surface area contributed by atoms with Gasteiger partial charge in [0.05, 0.1) is 4.90 Å². The zero-order valence-electron chi connectivity index (χ0n) is 11.7. The van der Waals surface area contributed by atoms with Crippen LogP contribution in [-0.2, 0) is 16.3 Å². The molecule has 0 saturated carbocycles. The van der Waals surface area contributed by atoms with Crippen molar-refractivity contribution in [1.82, 2.24) is 10.9 Å². The van der Waals surface area contributed by atoms with E-state index in [1.54, 1.807) is 12.1 Å². The molecule has 0 aliphatic carbocycles. The summed E-state index contributed by atoms with van der Waals surface area (Å²) in [4.78, 5) is 0.391. The Kier molecular flexibility index (Phi) is 4.28. The second kappa shape index (κ2) is 5.61. The van der Waals surface area contributed by atoms with Crippen LogP contribution in [-0.4, -0.2) is 26.8 Å². The van der Waals surface area contributed by atoms with E-state index in [-0.39, 0.29) is 0 Å². The molecular formula is C14H22N2O2S. The topological polar surface area (TPSA) is 58.2 Å². The number of rotatable bonds is 4. The normalized spacial score (nSPS) is 27.6. The molecule has 2 unspecified atom stereocenters. The third-order valence-corrected chi connectivity index (χ3v) is 5.07. The van der Waals surface area contributed by atoms with Crippen LogP contribution in [0.4, 0.5) is 0 Å². The molecule has 0 bridgehead atoms. The maximum absolute atomic E-state index is 11.4. The minimum Gasteiger partial charge on any atom is -0.254 e. The van der Waals surface area contributed by atoms with Crippen LogP contribution in [0, 0.1) is 5.92 Å². The Morgan fingerprint density at radius 1 is 1.05 bits per heavy atom. The molecule has 5 heteroatoms. The Bertz CT molecular complexity index is 515. The predicted octanol–water partition coefficient (Wildman–Crippen LogP) is 1.52. The number of hydrogen-bond donors (Lipinski definition) is 2. The molecule has 0 amide bonds. The highest BCUT2D eigenvalue weighted by atomic mass is 32.2. The summed E-state index contributed by atoms with van der Waals surface area (Å²) in [5.74, 6) is 0.606. The second-order valence-electron chi connectivity index (χ2n) is 5.48. The molecule has 1 fully saturated rings. The van der Waals surface area contributed by atoms with Gasteiger partial charge in [0.15, 0.2) is 9.84 Å². The molecule has 2 rings (SSSR count). The summed E-state index contributed by atoms with van der Waals surface area (Å²) in [7, 11) is -3.09. The van der Waals surface area contributed by atoms with Gasteiger partial charge >= 0.3 is 0 Å². The molecule has 4 nitrogen and oxygen atoms in total. The van der Waals surface area contributed by atoms with Crippen molar-refractivity contribution in [2.24, 2.45) is 5.92 Å². The van der Waals surface area contributed by atoms with Crippen molar-refractivity contribution < 1.29 is 8.42 Å². The van der Waals surface area contributed by atoms with E-state index >= 15 is 0 Å². The lowest BCUT2D eigenvalue weighted by atomic mass is 9.90. The second-order valence-corrected chi connectivity index (χ2v) is 7.50. The Balaban J connectivity index is 1.97. The lowest BCUT2D eigenvalue weighted by molar-refractivity contribution is 0.414. The molecule has 0 aromatic heterocycles. The Labute approximate surface area is 115 Å². The zero-order valence-corrected chi connectivity index (χ0v) is 12.5. The Morgan fingerprint density at radius 3 is 2.05 bits per heavy atom. The third kappa shape index (κ3) is 3.55. The maximum atomic E-state index is 11.4. The molecule has 1 aromatic carbocycles. The number of aryl methyl sites for hydroxylation is 1. The highest BCUT2D eigenvalue weighted by Gasteiger charge is 2.28. The quantitative estimate of drug-likeness (QED) is 0.879. The minimum atomic E-state index is -3.09. The molecule has 0 spiro atoms. The van der Waals surface area contributed by atoms with Gasteiger partial charge in [-0.05, 0) is 50.3 Å². The maximum Gasteiger partial charge on any atom is 0.175 e. The van der Waals surface area contributed by atoms with Gasteiger partial charge in [0, 0.05) is 18.3 Å². The molecule has 1 heterocycles. The van der Waals surface area contributed by atoms with Crippen molar-refractivity contribution in [3.8, 4) is 0 Å². The van der Waals surface area contributed by atoms with Crippen molar-refractivity contribution in [2.45, 2.75) is 43.7 Å². The van der Waals surface area contributed by atoms with Crippen molar-refractivity contribution in [3.63, 3.8) is 0 Å². The minimum absolute atomic E-state index is 0.391. The average Bonchev–Trinajstić information content (AvgIpc) is 2.66. The summed E-state index contributed by atoms with van der Waals surface area (Å²) < 4.78 is 22.8. The molecule has 2 N–H and O–H groups in total. The Morgan fingerprint density at radius 2 is 1.58 bits per heavy atom. The number of hydrogen-bond acceptors (Lipinski definition) is 4. The summed E-state index contributed by atoms with van der Waals surface area (Å²) in [6.07, 6.45) is 3.31. The fraction of sp³-hybridized carbons (Fsp3) is 0.571. The first-order valence-electron chi connectivity index (χ1n) is 6.68. The lowest BCUT2D eigenvalue weighted by Gasteiger charge is -2.17. The molecule has 19 heavy (non-hydrogen) atoms. The fourth-order valence-corrected chi connectivity index (χ4v) is 3.28. The molecule has 1 aliphatic rings.